The van der Waals surface area contributed by atoms with Crippen LogP contribution in [0, 0.1) is 6.92 Å². The number of aromatic amines is 1. The Bertz CT molecular complexity index is 922. The molecule has 0 aliphatic carbocycles. The molecule has 0 fully saturated rings. The van der Waals surface area contributed by atoms with Crippen LogP contribution in [-0.4, -0.2) is 16.1 Å². The van der Waals surface area contributed by atoms with E-state index in [1.807, 2.05) is 50.2 Å². The molecule has 3 aromatic rings. The molecule has 0 spiro atoms. The van der Waals surface area contributed by atoms with Crippen molar-refractivity contribution in [3.8, 4) is 11.3 Å². The number of rotatable bonds is 5. The Morgan fingerprint density at radius 3 is 2.54 bits per heavy atom. The van der Waals surface area contributed by atoms with Crippen molar-refractivity contribution in [1.82, 2.24) is 10.2 Å². The summed E-state index contributed by atoms with van der Waals surface area (Å²) in [7, 11) is 0. The van der Waals surface area contributed by atoms with Crippen LogP contribution in [0.3, 0.4) is 0 Å². The van der Waals surface area contributed by atoms with Crippen molar-refractivity contribution in [1.29, 1.82) is 0 Å². The van der Waals surface area contributed by atoms with Gasteiger partial charge in [-0.1, -0.05) is 66.5 Å². The molecule has 0 saturated carbocycles. The predicted octanol–water partition coefficient (Wildman–Crippen LogP) is 5.82. The lowest BCUT2D eigenvalue weighted by atomic mass is 9.95. The normalized spacial score (nSPS) is 12.0. The molecular formula is C20H19Cl2N3O. The standard InChI is InChI=1S/C20H19Cl2N3O/c1-3-15(13-7-5-4-6-8-13)20(26)23-18-12(2)24-25-19(18)14-9-10-16(21)17(22)11-14/h4-11,15H,3H2,1-2H3,(H,23,26)(H,24,25). The van der Waals surface area contributed by atoms with Crippen molar-refractivity contribution < 1.29 is 4.79 Å². The van der Waals surface area contributed by atoms with Gasteiger partial charge in [-0.15, -0.1) is 0 Å². The van der Waals surface area contributed by atoms with Crippen LogP contribution >= 0.6 is 23.2 Å². The Labute approximate surface area is 162 Å². The summed E-state index contributed by atoms with van der Waals surface area (Å²) in [4.78, 5) is 12.9. The number of aryl methyl sites for hydroxylation is 1. The smallest absolute Gasteiger partial charge is 0.232 e. The second kappa shape index (κ2) is 7.94. The van der Waals surface area contributed by atoms with Gasteiger partial charge in [-0.05, 0) is 31.0 Å². The largest absolute Gasteiger partial charge is 0.322 e. The average molecular weight is 388 g/mol. The van der Waals surface area contributed by atoms with Crippen LogP contribution in [0.25, 0.3) is 11.3 Å². The van der Waals surface area contributed by atoms with Gasteiger partial charge in [0.15, 0.2) is 0 Å². The topological polar surface area (TPSA) is 57.8 Å². The third-order valence-corrected chi connectivity index (χ3v) is 5.05. The van der Waals surface area contributed by atoms with Crippen molar-refractivity contribution in [3.63, 3.8) is 0 Å². The molecule has 4 nitrogen and oxygen atoms in total. The lowest BCUT2D eigenvalue weighted by Gasteiger charge is -2.16. The number of benzene rings is 2. The summed E-state index contributed by atoms with van der Waals surface area (Å²) < 4.78 is 0. The van der Waals surface area contributed by atoms with E-state index in [2.05, 4.69) is 15.5 Å². The van der Waals surface area contributed by atoms with E-state index < -0.39 is 0 Å². The Morgan fingerprint density at radius 2 is 1.88 bits per heavy atom. The van der Waals surface area contributed by atoms with E-state index in [9.17, 15) is 4.79 Å². The zero-order valence-electron chi connectivity index (χ0n) is 14.5. The van der Waals surface area contributed by atoms with E-state index >= 15 is 0 Å². The van der Waals surface area contributed by atoms with E-state index in [0.29, 0.717) is 27.8 Å². The van der Waals surface area contributed by atoms with Crippen LogP contribution in [0.5, 0.6) is 0 Å². The van der Waals surface area contributed by atoms with Gasteiger partial charge in [-0.3, -0.25) is 9.89 Å². The van der Waals surface area contributed by atoms with E-state index in [-0.39, 0.29) is 11.8 Å². The SMILES string of the molecule is CCC(C(=O)Nc1c(-c2ccc(Cl)c(Cl)c2)n[nH]c1C)c1ccccc1. The highest BCUT2D eigenvalue weighted by Crippen LogP contribution is 2.33. The van der Waals surface area contributed by atoms with Gasteiger partial charge in [0.2, 0.25) is 5.91 Å². The number of carbonyl (C=O) groups is 1. The second-order valence-corrected chi connectivity index (χ2v) is 6.88. The average Bonchev–Trinajstić information content (AvgIpc) is 2.99. The molecule has 1 heterocycles. The summed E-state index contributed by atoms with van der Waals surface area (Å²) in [5.41, 5.74) is 3.85. The van der Waals surface area contributed by atoms with E-state index in [4.69, 9.17) is 23.2 Å². The zero-order chi connectivity index (χ0) is 18.7. The summed E-state index contributed by atoms with van der Waals surface area (Å²) in [5, 5.41) is 11.2. The second-order valence-electron chi connectivity index (χ2n) is 6.06. The van der Waals surface area contributed by atoms with E-state index in [1.165, 1.54) is 0 Å². The molecule has 6 heteroatoms. The summed E-state index contributed by atoms with van der Waals surface area (Å²) in [6.45, 7) is 3.87. The van der Waals surface area contributed by atoms with Gasteiger partial charge < -0.3 is 5.32 Å². The molecule has 3 rings (SSSR count). The summed E-state index contributed by atoms with van der Waals surface area (Å²) in [6, 6.07) is 15.0. The van der Waals surface area contributed by atoms with Crippen LogP contribution in [0.4, 0.5) is 5.69 Å². The summed E-state index contributed by atoms with van der Waals surface area (Å²) >= 11 is 12.1. The maximum Gasteiger partial charge on any atom is 0.232 e. The Balaban J connectivity index is 1.91. The molecule has 2 N–H and O–H groups in total. The van der Waals surface area contributed by atoms with Crippen molar-refractivity contribution >= 4 is 34.8 Å². The molecule has 1 atom stereocenters. The minimum Gasteiger partial charge on any atom is -0.322 e. The molecule has 0 saturated heterocycles. The first-order valence-electron chi connectivity index (χ1n) is 8.37. The maximum absolute atomic E-state index is 12.9. The number of nitrogens with zero attached hydrogens (tertiary/aromatic N) is 1. The molecule has 0 bridgehead atoms. The van der Waals surface area contributed by atoms with Gasteiger partial charge >= 0.3 is 0 Å². The molecule has 0 aliphatic heterocycles. The predicted molar refractivity (Wildman–Crippen MR) is 107 cm³/mol. The number of carbonyl (C=O) groups excluding carboxylic acids is 1. The monoisotopic (exact) mass is 387 g/mol. The highest BCUT2D eigenvalue weighted by Gasteiger charge is 2.22. The highest BCUT2D eigenvalue weighted by atomic mass is 35.5. The number of hydrogen-bond donors (Lipinski definition) is 2. The Kier molecular flexibility index (Phi) is 5.64. The van der Waals surface area contributed by atoms with Crippen LogP contribution in [0.15, 0.2) is 48.5 Å². The molecule has 0 radical (unpaired) electrons. The number of anilines is 1. The first-order chi connectivity index (χ1) is 12.5. The fourth-order valence-corrected chi connectivity index (χ4v) is 3.20. The summed E-state index contributed by atoms with van der Waals surface area (Å²) in [5.74, 6) is -0.295. The van der Waals surface area contributed by atoms with Crippen LogP contribution in [0.2, 0.25) is 10.0 Å². The molecule has 26 heavy (non-hydrogen) atoms. The molecule has 2 aromatic carbocycles. The number of halogens is 2. The third kappa shape index (κ3) is 3.76. The molecule has 1 aromatic heterocycles. The Morgan fingerprint density at radius 1 is 1.15 bits per heavy atom. The quantitative estimate of drug-likeness (QED) is 0.578. The third-order valence-electron chi connectivity index (χ3n) is 4.32. The first kappa shape index (κ1) is 18.5. The summed E-state index contributed by atoms with van der Waals surface area (Å²) in [6.07, 6.45) is 0.703. The fourth-order valence-electron chi connectivity index (χ4n) is 2.90. The van der Waals surface area contributed by atoms with Gasteiger partial charge in [-0.2, -0.15) is 5.10 Å². The minimum absolute atomic E-state index is 0.0653. The minimum atomic E-state index is -0.229. The van der Waals surface area contributed by atoms with Gasteiger partial charge in [0.05, 0.1) is 27.3 Å². The molecule has 0 aliphatic rings. The number of hydrogen-bond acceptors (Lipinski definition) is 2. The maximum atomic E-state index is 12.9. The first-order valence-corrected chi connectivity index (χ1v) is 9.13. The molecule has 134 valence electrons. The van der Waals surface area contributed by atoms with Crippen LogP contribution < -0.4 is 5.32 Å². The van der Waals surface area contributed by atoms with Crippen molar-refractivity contribution in [2.24, 2.45) is 0 Å². The number of aromatic nitrogens is 2. The Hall–Kier alpha value is -2.30. The fraction of sp³-hybridized carbons (Fsp3) is 0.200. The van der Waals surface area contributed by atoms with Gasteiger partial charge in [0.1, 0.15) is 5.69 Å². The lowest BCUT2D eigenvalue weighted by Crippen LogP contribution is -2.21. The number of H-pyrrole nitrogens is 1. The van der Waals surface area contributed by atoms with Crippen LogP contribution in [-0.2, 0) is 4.79 Å². The lowest BCUT2D eigenvalue weighted by molar-refractivity contribution is -0.117. The molecule has 1 amide bonds. The highest BCUT2D eigenvalue weighted by molar-refractivity contribution is 6.42. The van der Waals surface area contributed by atoms with Crippen molar-refractivity contribution in [2.45, 2.75) is 26.2 Å². The van der Waals surface area contributed by atoms with Crippen molar-refractivity contribution in [3.05, 3.63) is 69.8 Å². The van der Waals surface area contributed by atoms with Gasteiger partial charge in [0, 0.05) is 5.56 Å². The molecule has 1 unspecified atom stereocenters. The number of amides is 1. The van der Waals surface area contributed by atoms with E-state index in [1.54, 1.807) is 12.1 Å². The zero-order valence-corrected chi connectivity index (χ0v) is 16.0. The van der Waals surface area contributed by atoms with Gasteiger partial charge in [0.25, 0.3) is 0 Å². The molecular weight excluding hydrogens is 369 g/mol. The van der Waals surface area contributed by atoms with Gasteiger partial charge in [-0.25, -0.2) is 0 Å². The van der Waals surface area contributed by atoms with Crippen molar-refractivity contribution in [2.75, 3.05) is 5.32 Å². The number of nitrogens with one attached hydrogen (secondary N) is 2. The van der Waals surface area contributed by atoms with Crippen LogP contribution in [0.1, 0.15) is 30.5 Å². The van der Waals surface area contributed by atoms with E-state index in [0.717, 1.165) is 16.8 Å².